The monoisotopic (exact) mass is 470 g/mol. The van der Waals surface area contributed by atoms with Crippen molar-refractivity contribution in [2.24, 2.45) is 5.92 Å². The maximum absolute atomic E-state index is 13.4. The molecule has 1 aromatic heterocycles. The lowest BCUT2D eigenvalue weighted by molar-refractivity contribution is -0.144. The number of carbonyl (C=O) groups is 1. The minimum Gasteiger partial charge on any atom is -0.481 e. The molecule has 0 radical (unpaired) electrons. The Balaban J connectivity index is 1.85. The van der Waals surface area contributed by atoms with Crippen molar-refractivity contribution in [1.82, 2.24) is 9.47 Å². The number of likely N-dealkylation sites (tertiary alicyclic amines) is 1. The van der Waals surface area contributed by atoms with Gasteiger partial charge in [-0.15, -0.1) is 0 Å². The van der Waals surface area contributed by atoms with Crippen LogP contribution < -0.4 is 0 Å². The molecule has 176 valence electrons. The van der Waals surface area contributed by atoms with Gasteiger partial charge in [0.2, 0.25) is 0 Å². The summed E-state index contributed by atoms with van der Waals surface area (Å²) in [6.07, 6.45) is -8.75. The van der Waals surface area contributed by atoms with Crippen LogP contribution in [0.15, 0.2) is 48.5 Å². The highest BCUT2D eigenvalue weighted by Crippen LogP contribution is 2.38. The zero-order valence-corrected chi connectivity index (χ0v) is 17.2. The van der Waals surface area contributed by atoms with E-state index < -0.39 is 35.4 Å². The summed E-state index contributed by atoms with van der Waals surface area (Å²) in [6.45, 7) is 1.03. The van der Waals surface area contributed by atoms with Crippen molar-refractivity contribution in [2.75, 3.05) is 13.1 Å². The van der Waals surface area contributed by atoms with E-state index in [4.69, 9.17) is 0 Å². The van der Waals surface area contributed by atoms with Crippen LogP contribution in [0.3, 0.4) is 0 Å². The highest BCUT2D eigenvalue weighted by molar-refractivity contribution is 5.83. The molecule has 4 rings (SSSR count). The number of halogens is 6. The molecular weight excluding hydrogens is 450 g/mol. The number of alkyl halides is 6. The van der Waals surface area contributed by atoms with Crippen molar-refractivity contribution < 1.29 is 36.2 Å². The van der Waals surface area contributed by atoms with Crippen molar-refractivity contribution in [2.45, 2.75) is 31.7 Å². The Morgan fingerprint density at radius 3 is 2.21 bits per heavy atom. The van der Waals surface area contributed by atoms with E-state index in [9.17, 15) is 36.2 Å². The Morgan fingerprint density at radius 1 is 0.970 bits per heavy atom. The van der Waals surface area contributed by atoms with Crippen molar-refractivity contribution in [3.05, 3.63) is 65.4 Å². The molecule has 3 aromatic rings. The topological polar surface area (TPSA) is 45.5 Å². The predicted molar refractivity (Wildman–Crippen MR) is 109 cm³/mol. The molecular formula is C23H20F6N2O2. The van der Waals surface area contributed by atoms with E-state index in [1.54, 1.807) is 30.3 Å². The van der Waals surface area contributed by atoms with Gasteiger partial charge in [0, 0.05) is 29.9 Å². The first kappa shape index (κ1) is 23.2. The Labute approximate surface area is 185 Å². The number of fused-ring (bicyclic) bond motifs is 1. The molecule has 0 amide bonds. The summed E-state index contributed by atoms with van der Waals surface area (Å²) in [5.74, 6) is -1.49. The number of hydrogen-bond acceptors (Lipinski definition) is 2. The van der Waals surface area contributed by atoms with Crippen LogP contribution in [0.2, 0.25) is 0 Å². The highest BCUT2D eigenvalue weighted by atomic mass is 19.4. The van der Waals surface area contributed by atoms with Gasteiger partial charge in [0.15, 0.2) is 0 Å². The molecule has 1 aliphatic heterocycles. The number of carboxylic acids is 1. The molecule has 4 nitrogen and oxygen atoms in total. The number of aromatic nitrogens is 1. The molecule has 2 aromatic carbocycles. The second kappa shape index (κ2) is 8.40. The normalized spacial score (nSPS) is 18.1. The molecule has 10 heteroatoms. The quantitative estimate of drug-likeness (QED) is 0.479. The van der Waals surface area contributed by atoms with E-state index in [1.807, 2.05) is 4.90 Å². The number of nitrogens with zero attached hydrogens (tertiary/aromatic N) is 2. The third-order valence-corrected chi connectivity index (χ3v) is 5.86. The third kappa shape index (κ3) is 4.85. The minimum atomic E-state index is -4.96. The number of piperidine rings is 1. The maximum Gasteiger partial charge on any atom is 0.416 e. The predicted octanol–water partition coefficient (Wildman–Crippen LogP) is 5.96. The van der Waals surface area contributed by atoms with Gasteiger partial charge in [-0.2, -0.15) is 26.3 Å². The zero-order chi connectivity index (χ0) is 24.0. The summed E-state index contributed by atoms with van der Waals surface area (Å²) in [4.78, 5) is 13.3. The van der Waals surface area contributed by atoms with Crippen LogP contribution in [0.4, 0.5) is 26.3 Å². The van der Waals surface area contributed by atoms with Gasteiger partial charge in [0.1, 0.15) is 0 Å². The van der Waals surface area contributed by atoms with Crippen LogP contribution in [-0.4, -0.2) is 33.6 Å². The standard InChI is InChI=1S/C23H20F6N2O2/c24-22(25,26)16-9-17(23(27,28)29)11-18(10-16)31-19(8-14-4-1-2-6-20(14)31)13-30-7-3-5-15(12-30)21(32)33/h1-2,4,6,8-11,15H,3,5,7,12-13H2,(H,32,33). The number of aliphatic carboxylic acids is 1. The first-order valence-corrected chi connectivity index (χ1v) is 10.3. The molecule has 1 fully saturated rings. The fraction of sp³-hybridized carbons (Fsp3) is 0.348. The van der Waals surface area contributed by atoms with Gasteiger partial charge in [-0.1, -0.05) is 18.2 Å². The molecule has 0 spiro atoms. The summed E-state index contributed by atoms with van der Waals surface area (Å²) in [7, 11) is 0. The SMILES string of the molecule is O=C(O)C1CCCN(Cc2cc3ccccc3n2-c2cc(C(F)(F)F)cc(C(F)(F)F)c2)C1. The first-order chi connectivity index (χ1) is 15.4. The molecule has 33 heavy (non-hydrogen) atoms. The van der Waals surface area contributed by atoms with Gasteiger partial charge in [0.25, 0.3) is 0 Å². The summed E-state index contributed by atoms with van der Waals surface area (Å²) in [5.41, 5.74) is -2.08. The van der Waals surface area contributed by atoms with Gasteiger partial charge in [0.05, 0.1) is 22.6 Å². The fourth-order valence-corrected chi connectivity index (χ4v) is 4.33. The largest absolute Gasteiger partial charge is 0.481 e. The smallest absolute Gasteiger partial charge is 0.416 e. The fourth-order valence-electron chi connectivity index (χ4n) is 4.33. The average molecular weight is 470 g/mol. The van der Waals surface area contributed by atoms with Crippen LogP contribution in [0.1, 0.15) is 29.7 Å². The van der Waals surface area contributed by atoms with Crippen LogP contribution in [0.5, 0.6) is 0 Å². The molecule has 0 saturated carbocycles. The summed E-state index contributed by atoms with van der Waals surface area (Å²) in [5, 5.41) is 10.00. The molecule has 1 aliphatic rings. The summed E-state index contributed by atoms with van der Waals surface area (Å²) in [6, 6.07) is 9.98. The van der Waals surface area contributed by atoms with Gasteiger partial charge in [-0.3, -0.25) is 9.69 Å². The summed E-state index contributed by atoms with van der Waals surface area (Å²) >= 11 is 0. The van der Waals surface area contributed by atoms with Gasteiger partial charge in [-0.05, 0) is 49.7 Å². The lowest BCUT2D eigenvalue weighted by Gasteiger charge is -2.31. The molecule has 1 unspecified atom stereocenters. The van der Waals surface area contributed by atoms with Crippen molar-refractivity contribution in [3.63, 3.8) is 0 Å². The maximum atomic E-state index is 13.4. The minimum absolute atomic E-state index is 0.108. The van der Waals surface area contributed by atoms with Crippen molar-refractivity contribution >= 4 is 16.9 Å². The Bertz CT molecular complexity index is 1150. The van der Waals surface area contributed by atoms with E-state index >= 15 is 0 Å². The summed E-state index contributed by atoms with van der Waals surface area (Å²) < 4.78 is 82.1. The molecule has 0 aliphatic carbocycles. The molecule has 2 heterocycles. The van der Waals surface area contributed by atoms with Gasteiger partial charge < -0.3 is 9.67 Å². The molecule has 1 atom stereocenters. The second-order valence-electron chi connectivity index (χ2n) is 8.21. The van der Waals surface area contributed by atoms with Crippen molar-refractivity contribution in [1.29, 1.82) is 0 Å². The van der Waals surface area contributed by atoms with E-state index in [2.05, 4.69) is 0 Å². The zero-order valence-electron chi connectivity index (χ0n) is 17.2. The second-order valence-corrected chi connectivity index (χ2v) is 8.21. The van der Waals surface area contributed by atoms with E-state index in [-0.39, 0.29) is 24.8 Å². The van der Waals surface area contributed by atoms with Crippen LogP contribution >= 0.6 is 0 Å². The highest BCUT2D eigenvalue weighted by Gasteiger charge is 2.37. The third-order valence-electron chi connectivity index (χ3n) is 5.86. The Morgan fingerprint density at radius 2 is 1.61 bits per heavy atom. The number of carboxylic acid groups (broad SMARTS) is 1. The van der Waals surface area contributed by atoms with Gasteiger partial charge >= 0.3 is 18.3 Å². The van der Waals surface area contributed by atoms with Crippen LogP contribution in [-0.2, 0) is 23.7 Å². The molecule has 0 bridgehead atoms. The number of para-hydroxylation sites is 1. The van der Waals surface area contributed by atoms with Crippen LogP contribution in [0.25, 0.3) is 16.6 Å². The Kier molecular flexibility index (Phi) is 5.90. The number of hydrogen-bond donors (Lipinski definition) is 1. The number of benzene rings is 2. The lowest BCUT2D eigenvalue weighted by Crippen LogP contribution is -2.38. The molecule has 1 saturated heterocycles. The van der Waals surface area contributed by atoms with Crippen molar-refractivity contribution in [3.8, 4) is 5.69 Å². The van der Waals surface area contributed by atoms with Crippen LogP contribution in [0, 0.1) is 5.92 Å². The Hall–Kier alpha value is -3.01. The van der Waals surface area contributed by atoms with E-state index in [0.29, 0.717) is 48.1 Å². The van der Waals surface area contributed by atoms with Gasteiger partial charge in [-0.25, -0.2) is 0 Å². The average Bonchev–Trinajstić information content (AvgIpc) is 3.10. The van der Waals surface area contributed by atoms with E-state index in [1.165, 1.54) is 4.57 Å². The van der Waals surface area contributed by atoms with E-state index in [0.717, 1.165) is 0 Å². The lowest BCUT2D eigenvalue weighted by atomic mass is 9.98. The first-order valence-electron chi connectivity index (χ1n) is 10.3. The number of rotatable bonds is 4. The molecule has 1 N–H and O–H groups in total.